The summed E-state index contributed by atoms with van der Waals surface area (Å²) in [5, 5.41) is 73.8. The van der Waals surface area contributed by atoms with Crippen molar-refractivity contribution in [3.8, 4) is 0 Å². The van der Waals surface area contributed by atoms with E-state index < -0.39 is 0 Å². The maximum Gasteiger partial charge on any atom is 0.421 e. The summed E-state index contributed by atoms with van der Waals surface area (Å²) in [7, 11) is 27.7. The Morgan fingerprint density at radius 3 is 0.763 bits per heavy atom. The number of nitrogens with one attached hydrogen (secondary N) is 6. The van der Waals surface area contributed by atoms with Crippen LogP contribution in [0, 0.1) is 5.41 Å². The molecule has 6 aromatic carbocycles. The van der Waals surface area contributed by atoms with E-state index >= 15 is 0 Å². The topological polar surface area (TPSA) is 277 Å². The molecule has 6 heterocycles. The number of hydrogen-bond donors (Lipinski definition) is 6. The molecular formula is C100H155N31+6. The number of azo groups is 6. The van der Waals surface area contributed by atoms with Crippen LogP contribution in [0.5, 0.6) is 0 Å². The van der Waals surface area contributed by atoms with Crippen LogP contribution in [-0.4, -0.2) is 90.7 Å². The summed E-state index contributed by atoms with van der Waals surface area (Å²) in [5.41, 5.74) is 11.3. The molecule has 0 radical (unpaired) electrons. The molecule has 0 saturated heterocycles. The Kier molecular flexibility index (Phi) is 45.4. The highest BCUT2D eigenvalue weighted by molar-refractivity contribution is 5.69. The number of benzene rings is 6. The molecule has 0 amide bonds. The molecule has 0 unspecified atom stereocenters. The van der Waals surface area contributed by atoms with Gasteiger partial charge >= 0.3 is 35.7 Å². The number of aromatic nitrogens is 12. The first-order chi connectivity index (χ1) is 62.0. The van der Waals surface area contributed by atoms with Crippen LogP contribution in [0.4, 0.5) is 104 Å². The second kappa shape index (κ2) is 55.7. The molecule has 31 nitrogen and oxygen atoms in total. The van der Waals surface area contributed by atoms with Crippen LogP contribution in [0.3, 0.4) is 0 Å². The smallest absolute Gasteiger partial charge is 0.383 e. The van der Waals surface area contributed by atoms with Gasteiger partial charge in [0.15, 0.2) is 0 Å². The van der Waals surface area contributed by atoms with Crippen molar-refractivity contribution in [2.75, 3.05) is 78.7 Å². The number of hydrogen-bond acceptors (Lipinski definition) is 19. The van der Waals surface area contributed by atoms with Crippen LogP contribution in [0.1, 0.15) is 160 Å². The lowest BCUT2D eigenvalue weighted by atomic mass is 9.93. The molecule has 31 heteroatoms. The number of anilines is 6. The SMILES string of the molecule is C.C.CC(C)Nc1ccccc1N=Nc1n(C)cc[n+]1C.CCCCCCCCCCCCNc1ccccc1N=Nc1n(C)cc[n+]1C.CN(C)CC(C)(C)CNc1ccccc1N=Nc1n(C)cc[n+]1C.Cn1cc[n+](C)c1N=Nc1ccccc1NC(C)(C)C.Cn1cc[n+](C)c1N=Nc1ccccc1NCCCCCCNc1ccccc1N=Nc1n(C)cc[n+]1C. The fourth-order valence-electron chi connectivity index (χ4n) is 14.0. The molecule has 0 atom stereocenters. The van der Waals surface area contributed by atoms with E-state index in [2.05, 4.69) is 186 Å². The van der Waals surface area contributed by atoms with Gasteiger partial charge in [-0.2, -0.15) is 0 Å². The zero-order chi connectivity index (χ0) is 93.1. The molecule has 0 spiro atoms. The number of imidazole rings is 6. The highest BCUT2D eigenvalue weighted by atomic mass is 15.3. The van der Waals surface area contributed by atoms with Crippen molar-refractivity contribution in [2.24, 2.45) is 151 Å². The molecular weight excluding hydrogens is 1640 g/mol. The van der Waals surface area contributed by atoms with Crippen molar-refractivity contribution >= 4 is 104 Å². The average molecular weight is 1790 g/mol. The molecule has 6 N–H and O–H groups in total. The molecule has 704 valence electrons. The van der Waals surface area contributed by atoms with Crippen LogP contribution in [0.2, 0.25) is 0 Å². The van der Waals surface area contributed by atoms with Gasteiger partial charge in [0.05, 0.1) is 193 Å². The van der Waals surface area contributed by atoms with Gasteiger partial charge in [-0.15, -0.1) is 0 Å². The molecule has 0 aliphatic rings. The number of rotatable bonds is 41. The molecule has 0 aliphatic heterocycles. The van der Waals surface area contributed by atoms with Gasteiger partial charge in [-0.3, -0.25) is 0 Å². The molecule has 0 bridgehead atoms. The minimum absolute atomic E-state index is 0. The fraction of sp³-hybridized carbons (Fsp3) is 0.460. The van der Waals surface area contributed by atoms with E-state index in [1.54, 1.807) is 0 Å². The molecule has 131 heavy (non-hydrogen) atoms. The summed E-state index contributed by atoms with van der Waals surface area (Å²) in [6.45, 7) is 22.0. The lowest BCUT2D eigenvalue weighted by Crippen LogP contribution is -2.34. The summed E-state index contributed by atoms with van der Waals surface area (Å²) in [5.74, 6) is 4.82. The number of aryl methyl sites for hydroxylation is 12. The van der Waals surface area contributed by atoms with Crippen molar-refractivity contribution in [2.45, 2.75) is 172 Å². The van der Waals surface area contributed by atoms with Crippen LogP contribution in [-0.2, 0) is 84.6 Å². The van der Waals surface area contributed by atoms with Crippen LogP contribution < -0.4 is 59.3 Å². The first-order valence-electron chi connectivity index (χ1n) is 45.2. The Hall–Kier alpha value is -13.1. The second-order valence-electron chi connectivity index (χ2n) is 35.0. The van der Waals surface area contributed by atoms with Crippen LogP contribution >= 0.6 is 0 Å². The Balaban J connectivity index is 0.000000257. The lowest BCUT2D eigenvalue weighted by Gasteiger charge is -2.29. The molecule has 0 saturated carbocycles. The largest absolute Gasteiger partial charge is 0.421 e. The van der Waals surface area contributed by atoms with Gasteiger partial charge in [-0.1, -0.05) is 210 Å². The van der Waals surface area contributed by atoms with E-state index in [4.69, 9.17) is 0 Å². The van der Waals surface area contributed by atoms with Gasteiger partial charge in [0, 0.05) is 75.0 Å². The van der Waals surface area contributed by atoms with Gasteiger partial charge in [0.1, 0.15) is 34.1 Å². The standard InChI is InChI=1S/C28H36N10.C23H37N5.C18H28N6.C15H21N5.C14H19N5.2CH4/c1-35-19-20-36(2)27(35)33-31-25-15-9-7-13-23(25)29-17-11-5-6-12-18-30-24-14-8-10-16-26(24)32-34-28-37(3)21-22-38(28)4;1-4-5-6-7-8-9-10-11-12-15-18-24-21-16-13-14-17-22(21)25-26-23-27(2)19-20-28(23)3;1-18(2,14-22(3)4)13-19-15-9-7-8-10-16(15)20-21-17-23(5)11-12-24(17)6;1-15(2,3)16-12-8-6-7-9-13(12)17-18-14-19(4)10-11-20(14)5;1-11(2)15-12-7-5-6-8-13(12)16-17-14-18(3)9-10-19(14)4;;/h7-10,13-16,19-22H,5-6,11-12,17-18H2,1-4H3;13-14,16-17,19-20H,4-12,15,18H2,1-3H3;7-12H,13-14H2,1-6H3;6-11H,1-5H3;5-11H,1-4H3;2*1H4/p+6. The second-order valence-corrected chi connectivity index (χ2v) is 35.0. The predicted molar refractivity (Wildman–Crippen MR) is 535 cm³/mol. The van der Waals surface area contributed by atoms with Crippen LogP contribution in [0.25, 0.3) is 0 Å². The summed E-state index contributed by atoms with van der Waals surface area (Å²) in [4.78, 5) is 2.21. The average Bonchev–Trinajstić information content (AvgIpc) is 1.83. The maximum absolute atomic E-state index is 4.48. The molecule has 0 aliphatic carbocycles. The monoisotopic (exact) mass is 1790 g/mol. The summed E-state index contributed by atoms with van der Waals surface area (Å²) >= 11 is 0. The zero-order valence-electron chi connectivity index (χ0n) is 81.0. The van der Waals surface area contributed by atoms with E-state index in [1.807, 2.05) is 341 Å². The van der Waals surface area contributed by atoms with Gasteiger partial charge in [-0.25, -0.2) is 54.8 Å². The number of nitrogens with zero attached hydrogens (tertiary/aromatic N) is 25. The van der Waals surface area contributed by atoms with Gasteiger partial charge in [-0.05, 0) is 146 Å². The molecule has 6 aromatic heterocycles. The summed E-state index contributed by atoms with van der Waals surface area (Å²) < 4.78 is 23.3. The van der Waals surface area contributed by atoms with E-state index in [9.17, 15) is 0 Å². The van der Waals surface area contributed by atoms with E-state index in [-0.39, 0.29) is 25.8 Å². The molecule has 0 fully saturated rings. The van der Waals surface area contributed by atoms with E-state index in [0.717, 1.165) is 162 Å². The Bertz CT molecular complexity index is 5290. The summed E-state index contributed by atoms with van der Waals surface area (Å²) in [6.07, 6.45) is 41.6. The fourth-order valence-corrected chi connectivity index (χ4v) is 14.0. The van der Waals surface area contributed by atoms with E-state index in [1.165, 1.54) is 64.2 Å². The van der Waals surface area contributed by atoms with Crippen LogP contribution in [0.15, 0.2) is 281 Å². The van der Waals surface area contributed by atoms with Crippen molar-refractivity contribution < 1.29 is 27.4 Å². The quantitative estimate of drug-likeness (QED) is 0.0122. The Labute approximate surface area is 781 Å². The number of unbranched alkanes of at least 4 members (excludes halogenated alkanes) is 12. The van der Waals surface area contributed by atoms with Crippen molar-refractivity contribution in [3.05, 3.63) is 220 Å². The van der Waals surface area contributed by atoms with E-state index in [0.29, 0.717) is 6.04 Å². The van der Waals surface area contributed by atoms with Gasteiger partial charge in [0.25, 0.3) is 0 Å². The minimum atomic E-state index is -0.0126. The predicted octanol–water partition coefficient (Wildman–Crippen LogP) is 23.6. The highest BCUT2D eigenvalue weighted by Crippen LogP contribution is 2.34. The third-order valence-electron chi connectivity index (χ3n) is 20.8. The van der Waals surface area contributed by atoms with Crippen molar-refractivity contribution in [3.63, 3.8) is 0 Å². The summed E-state index contributed by atoms with van der Waals surface area (Å²) in [6, 6.07) is 48.5. The normalized spacial score (nSPS) is 11.5. The first-order valence-corrected chi connectivity index (χ1v) is 45.2. The van der Waals surface area contributed by atoms with Gasteiger partial charge < -0.3 is 36.8 Å². The maximum atomic E-state index is 4.48. The Morgan fingerprint density at radius 1 is 0.305 bits per heavy atom. The molecule has 12 rings (SSSR count). The Morgan fingerprint density at radius 2 is 0.527 bits per heavy atom. The lowest BCUT2D eigenvalue weighted by molar-refractivity contribution is -0.657. The molecule has 12 aromatic rings. The highest BCUT2D eigenvalue weighted by Gasteiger charge is 2.22. The first kappa shape index (κ1) is 107. The zero-order valence-corrected chi connectivity index (χ0v) is 81.0. The number of para-hydroxylation sites is 6. The third kappa shape index (κ3) is 36.8. The minimum Gasteiger partial charge on any atom is -0.383 e. The van der Waals surface area contributed by atoms with Gasteiger partial charge in [0.2, 0.25) is 0 Å². The van der Waals surface area contributed by atoms with Crippen molar-refractivity contribution in [1.29, 1.82) is 0 Å². The third-order valence-corrected chi connectivity index (χ3v) is 20.8. The van der Waals surface area contributed by atoms with Crippen molar-refractivity contribution in [1.82, 2.24) is 32.3 Å².